The molecule has 2 nitrogen and oxygen atoms in total. The Kier molecular flexibility index (Phi) is 8.31. The first-order valence-electron chi connectivity index (χ1n) is 8.84. The lowest BCUT2D eigenvalue weighted by molar-refractivity contribution is -0.206. The second-order valence-corrected chi connectivity index (χ2v) is 6.85. The lowest BCUT2D eigenvalue weighted by Gasteiger charge is -2.24. The summed E-state index contributed by atoms with van der Waals surface area (Å²) in [4.78, 5) is 11.9. The van der Waals surface area contributed by atoms with Crippen LogP contribution in [0.1, 0.15) is 67.8 Å². The van der Waals surface area contributed by atoms with E-state index in [1.54, 1.807) is 12.1 Å². The fourth-order valence-electron chi connectivity index (χ4n) is 2.58. The summed E-state index contributed by atoms with van der Waals surface area (Å²) >= 11 is 0. The zero-order valence-electron chi connectivity index (χ0n) is 15.6. The van der Waals surface area contributed by atoms with Gasteiger partial charge in [0, 0.05) is 6.42 Å². The number of rotatable bonds is 10. The molecule has 0 spiro atoms. The Morgan fingerprint density at radius 3 is 2.04 bits per heavy atom. The van der Waals surface area contributed by atoms with E-state index in [2.05, 4.69) is 0 Å². The smallest absolute Gasteiger partial charge is 0.394 e. The SMILES string of the molecule is CCC(C)c1ccc(C(=O)OCCCC(F)(F)CC(F)(F)CC(F)(F)F)cc1. The van der Waals surface area contributed by atoms with Crippen molar-refractivity contribution >= 4 is 5.97 Å². The second kappa shape index (κ2) is 9.60. The molecule has 0 aromatic heterocycles. The van der Waals surface area contributed by atoms with Gasteiger partial charge in [-0.25, -0.2) is 22.4 Å². The number of ether oxygens (including phenoxy) is 1. The van der Waals surface area contributed by atoms with Crippen LogP contribution in [-0.2, 0) is 4.74 Å². The van der Waals surface area contributed by atoms with Crippen LogP contribution in [0.25, 0.3) is 0 Å². The summed E-state index contributed by atoms with van der Waals surface area (Å²) in [5.41, 5.74) is 1.24. The van der Waals surface area contributed by atoms with E-state index in [0.29, 0.717) is 5.92 Å². The van der Waals surface area contributed by atoms with Crippen LogP contribution >= 0.6 is 0 Å². The number of carbonyl (C=O) groups excluding carboxylic acids is 1. The number of benzene rings is 1. The minimum atomic E-state index is -5.24. The molecule has 0 saturated heterocycles. The molecule has 0 N–H and O–H groups in total. The molecule has 0 aliphatic rings. The Hall–Kier alpha value is -1.80. The number of hydrogen-bond acceptors (Lipinski definition) is 2. The molecule has 1 aromatic rings. The zero-order valence-corrected chi connectivity index (χ0v) is 15.6. The van der Waals surface area contributed by atoms with E-state index in [1.165, 1.54) is 12.1 Å². The molecule has 0 aliphatic heterocycles. The highest BCUT2D eigenvalue weighted by atomic mass is 19.4. The minimum absolute atomic E-state index is 0.218. The van der Waals surface area contributed by atoms with Crippen molar-refractivity contribution in [1.82, 2.24) is 0 Å². The van der Waals surface area contributed by atoms with E-state index in [9.17, 15) is 35.5 Å². The Bertz CT molecular complexity index is 624. The number of halogens is 7. The van der Waals surface area contributed by atoms with Gasteiger partial charge < -0.3 is 4.74 Å². The highest BCUT2D eigenvalue weighted by Crippen LogP contribution is 2.40. The van der Waals surface area contributed by atoms with E-state index in [0.717, 1.165) is 12.0 Å². The Morgan fingerprint density at radius 1 is 0.964 bits per heavy atom. The lowest BCUT2D eigenvalue weighted by Crippen LogP contribution is -2.33. The van der Waals surface area contributed by atoms with Crippen LogP contribution in [0.5, 0.6) is 0 Å². The fraction of sp³-hybridized carbons (Fsp3) is 0.632. The largest absolute Gasteiger partial charge is 0.462 e. The van der Waals surface area contributed by atoms with Gasteiger partial charge in [0.2, 0.25) is 0 Å². The van der Waals surface area contributed by atoms with E-state index < -0.39 is 56.3 Å². The van der Waals surface area contributed by atoms with Crippen molar-refractivity contribution < 1.29 is 40.3 Å². The van der Waals surface area contributed by atoms with Gasteiger partial charge in [-0.05, 0) is 36.5 Å². The van der Waals surface area contributed by atoms with Gasteiger partial charge in [-0.15, -0.1) is 0 Å². The molecule has 1 aromatic carbocycles. The van der Waals surface area contributed by atoms with Crippen LogP contribution in [-0.4, -0.2) is 30.6 Å². The molecule has 0 bridgehead atoms. The standard InChI is InChI=1S/C19H23F7O2/c1-3-13(2)14-5-7-15(8-6-14)16(27)28-10-4-9-17(20,21)11-18(22,23)12-19(24,25)26/h5-8,13H,3-4,9-12H2,1-2H3. The molecule has 160 valence electrons. The monoisotopic (exact) mass is 416 g/mol. The van der Waals surface area contributed by atoms with Gasteiger partial charge in [0.05, 0.1) is 18.6 Å². The maximum absolute atomic E-state index is 13.5. The maximum Gasteiger partial charge on any atom is 0.394 e. The molecule has 0 radical (unpaired) electrons. The van der Waals surface area contributed by atoms with Crippen LogP contribution < -0.4 is 0 Å². The number of alkyl halides is 7. The number of esters is 1. The van der Waals surface area contributed by atoms with Crippen molar-refractivity contribution in [1.29, 1.82) is 0 Å². The molecule has 0 amide bonds. The molecule has 1 atom stereocenters. The highest BCUT2D eigenvalue weighted by Gasteiger charge is 2.49. The van der Waals surface area contributed by atoms with Gasteiger partial charge in [-0.2, -0.15) is 13.2 Å². The minimum Gasteiger partial charge on any atom is -0.462 e. The van der Waals surface area contributed by atoms with Crippen LogP contribution in [0.4, 0.5) is 30.7 Å². The van der Waals surface area contributed by atoms with Crippen molar-refractivity contribution in [3.8, 4) is 0 Å². The van der Waals surface area contributed by atoms with Gasteiger partial charge >= 0.3 is 12.1 Å². The van der Waals surface area contributed by atoms with E-state index in [1.807, 2.05) is 13.8 Å². The molecule has 0 saturated carbocycles. The zero-order chi connectivity index (χ0) is 21.6. The lowest BCUT2D eigenvalue weighted by atomic mass is 9.98. The van der Waals surface area contributed by atoms with Gasteiger partial charge in [0.25, 0.3) is 11.8 Å². The first-order chi connectivity index (χ1) is 12.7. The summed E-state index contributed by atoms with van der Waals surface area (Å²) < 4.78 is 94.0. The summed E-state index contributed by atoms with van der Waals surface area (Å²) in [5.74, 6) is -9.00. The Morgan fingerprint density at radius 2 is 1.54 bits per heavy atom. The van der Waals surface area contributed by atoms with Gasteiger partial charge in [-0.3, -0.25) is 0 Å². The van der Waals surface area contributed by atoms with Gasteiger partial charge in [0.1, 0.15) is 6.42 Å². The fourth-order valence-corrected chi connectivity index (χ4v) is 2.58. The van der Waals surface area contributed by atoms with Crippen LogP contribution in [0.2, 0.25) is 0 Å². The van der Waals surface area contributed by atoms with Crippen molar-refractivity contribution in [2.24, 2.45) is 0 Å². The van der Waals surface area contributed by atoms with Crippen molar-refractivity contribution in [2.75, 3.05) is 6.61 Å². The summed E-state index contributed by atoms with van der Waals surface area (Å²) in [6.07, 6.45) is -10.7. The summed E-state index contributed by atoms with van der Waals surface area (Å²) in [6, 6.07) is 6.58. The first-order valence-corrected chi connectivity index (χ1v) is 8.84. The molecule has 0 fully saturated rings. The summed E-state index contributed by atoms with van der Waals surface area (Å²) in [7, 11) is 0. The molecular formula is C19H23F7O2. The van der Waals surface area contributed by atoms with Gasteiger partial charge in [-0.1, -0.05) is 26.0 Å². The topological polar surface area (TPSA) is 26.3 Å². The van der Waals surface area contributed by atoms with Crippen LogP contribution in [0.3, 0.4) is 0 Å². The predicted molar refractivity (Wildman–Crippen MR) is 89.8 cm³/mol. The van der Waals surface area contributed by atoms with Crippen LogP contribution in [0, 0.1) is 0 Å². The Labute approximate surface area is 159 Å². The average Bonchev–Trinajstić information content (AvgIpc) is 2.54. The quantitative estimate of drug-likeness (QED) is 0.240. The van der Waals surface area contributed by atoms with E-state index in [4.69, 9.17) is 4.74 Å². The molecule has 9 heteroatoms. The molecule has 1 rings (SSSR count). The third-order valence-corrected chi connectivity index (χ3v) is 4.22. The molecule has 1 unspecified atom stereocenters. The van der Waals surface area contributed by atoms with E-state index in [-0.39, 0.29) is 5.56 Å². The first kappa shape index (κ1) is 24.2. The average molecular weight is 416 g/mol. The third kappa shape index (κ3) is 8.93. The van der Waals surface area contributed by atoms with E-state index >= 15 is 0 Å². The molecule has 0 heterocycles. The Balaban J connectivity index is 2.45. The molecule has 0 aliphatic carbocycles. The highest BCUT2D eigenvalue weighted by molar-refractivity contribution is 5.89. The number of carbonyl (C=O) groups is 1. The van der Waals surface area contributed by atoms with Crippen molar-refractivity contribution in [2.45, 2.75) is 69.9 Å². The normalized spacial score (nSPS) is 14.0. The van der Waals surface area contributed by atoms with Gasteiger partial charge in [0.15, 0.2) is 0 Å². The second-order valence-electron chi connectivity index (χ2n) is 6.85. The van der Waals surface area contributed by atoms with Crippen LogP contribution in [0.15, 0.2) is 24.3 Å². The maximum atomic E-state index is 13.5. The third-order valence-electron chi connectivity index (χ3n) is 4.22. The number of hydrogen-bond donors (Lipinski definition) is 0. The molecule has 28 heavy (non-hydrogen) atoms. The van der Waals surface area contributed by atoms with Crippen molar-refractivity contribution in [3.63, 3.8) is 0 Å². The predicted octanol–water partition coefficient (Wildman–Crippen LogP) is 6.75. The summed E-state index contributed by atoms with van der Waals surface area (Å²) in [6.45, 7) is 3.58. The van der Waals surface area contributed by atoms with Crippen molar-refractivity contribution in [3.05, 3.63) is 35.4 Å². The summed E-state index contributed by atoms with van der Waals surface area (Å²) in [5, 5.41) is 0. The molecular weight excluding hydrogens is 393 g/mol.